The molecular weight excluding hydrogens is 464 g/mol. The van der Waals surface area contributed by atoms with Crippen LogP contribution >= 0.6 is 0 Å². The van der Waals surface area contributed by atoms with E-state index in [0.29, 0.717) is 18.0 Å². The summed E-state index contributed by atoms with van der Waals surface area (Å²) in [4.78, 5) is 19.5. The Balaban J connectivity index is 1.52. The molecule has 0 spiro atoms. The minimum atomic E-state index is 0.196. The van der Waals surface area contributed by atoms with Crippen molar-refractivity contribution in [3.8, 4) is 11.5 Å². The maximum absolute atomic E-state index is 5.05. The van der Waals surface area contributed by atoms with Gasteiger partial charge >= 0.3 is 0 Å². The second kappa shape index (κ2) is 9.44. The van der Waals surface area contributed by atoms with Crippen LogP contribution in [0.5, 0.6) is 0 Å². The molecule has 0 aliphatic carbocycles. The molecule has 4 aromatic heterocycles. The fourth-order valence-corrected chi connectivity index (χ4v) is 4.83. The molecule has 10 nitrogen and oxygen atoms in total. The van der Waals surface area contributed by atoms with Gasteiger partial charge in [-0.05, 0) is 33.4 Å². The predicted octanol–water partition coefficient (Wildman–Crippen LogP) is 3.46. The number of hydrogen-bond donors (Lipinski definition) is 1. The van der Waals surface area contributed by atoms with Gasteiger partial charge in [0.05, 0.1) is 11.7 Å². The standard InChI is InChI=1S/C27H32N10/c1-18(2)29-25-27-33-32-19(3)36(27)17-22(30-25)26-31-21-15-28-24(35-12-10-34(4)11-13-35)14-23(21)37(26)16-20-8-6-5-7-9-20/h5-9,14-15,17-18H,10-13,16H2,1-4H3,(H,29,30). The van der Waals surface area contributed by atoms with Crippen LogP contribution in [0.2, 0.25) is 0 Å². The highest BCUT2D eigenvalue weighted by molar-refractivity contribution is 5.82. The highest BCUT2D eigenvalue weighted by atomic mass is 15.3. The van der Waals surface area contributed by atoms with Gasteiger partial charge in [0, 0.05) is 51.0 Å². The van der Waals surface area contributed by atoms with Crippen LogP contribution in [0.3, 0.4) is 0 Å². The summed E-state index contributed by atoms with van der Waals surface area (Å²) in [7, 11) is 2.17. The Morgan fingerprint density at radius 2 is 1.78 bits per heavy atom. The van der Waals surface area contributed by atoms with Gasteiger partial charge in [0.25, 0.3) is 0 Å². The van der Waals surface area contributed by atoms with Gasteiger partial charge in [0.2, 0.25) is 5.65 Å². The second-order valence-corrected chi connectivity index (χ2v) is 10.0. The zero-order chi connectivity index (χ0) is 25.5. The van der Waals surface area contributed by atoms with Crippen molar-refractivity contribution in [1.82, 2.24) is 39.0 Å². The fraction of sp³-hybridized carbons (Fsp3) is 0.370. The topological polar surface area (TPSA) is 92.3 Å². The molecule has 0 amide bonds. The monoisotopic (exact) mass is 496 g/mol. The molecule has 37 heavy (non-hydrogen) atoms. The number of aryl methyl sites for hydroxylation is 1. The summed E-state index contributed by atoms with van der Waals surface area (Å²) < 4.78 is 4.23. The van der Waals surface area contributed by atoms with Crippen LogP contribution in [0.1, 0.15) is 25.2 Å². The lowest BCUT2D eigenvalue weighted by atomic mass is 10.2. The lowest BCUT2D eigenvalue weighted by Gasteiger charge is -2.33. The molecule has 0 unspecified atom stereocenters. The van der Waals surface area contributed by atoms with E-state index in [0.717, 1.165) is 60.4 Å². The molecule has 1 saturated heterocycles. The summed E-state index contributed by atoms with van der Waals surface area (Å²) >= 11 is 0. The largest absolute Gasteiger partial charge is 0.365 e. The van der Waals surface area contributed by atoms with Gasteiger partial charge in [-0.2, -0.15) is 0 Å². The number of nitrogens with one attached hydrogen (secondary N) is 1. The quantitative estimate of drug-likeness (QED) is 0.382. The molecular formula is C27H32N10. The summed E-state index contributed by atoms with van der Waals surface area (Å²) in [5, 5.41) is 12.1. The number of piperazine rings is 1. The smallest absolute Gasteiger partial charge is 0.203 e. The molecule has 0 atom stereocenters. The van der Waals surface area contributed by atoms with E-state index in [1.165, 1.54) is 5.56 Å². The van der Waals surface area contributed by atoms with E-state index in [4.69, 9.17) is 15.0 Å². The Kier molecular flexibility index (Phi) is 5.96. The number of imidazole rings is 1. The number of fused-ring (bicyclic) bond motifs is 2. The number of nitrogens with zero attached hydrogens (tertiary/aromatic N) is 9. The van der Waals surface area contributed by atoms with Crippen molar-refractivity contribution in [3.63, 3.8) is 0 Å². The number of benzene rings is 1. The van der Waals surface area contributed by atoms with Gasteiger partial charge in [-0.25, -0.2) is 15.0 Å². The van der Waals surface area contributed by atoms with Crippen molar-refractivity contribution in [2.24, 2.45) is 0 Å². The number of likely N-dealkylation sites (N-methyl/N-ethyl adjacent to an activating group) is 1. The third-order valence-electron chi connectivity index (χ3n) is 6.85. The first-order valence-corrected chi connectivity index (χ1v) is 12.8. The minimum Gasteiger partial charge on any atom is -0.365 e. The minimum absolute atomic E-state index is 0.196. The summed E-state index contributed by atoms with van der Waals surface area (Å²) in [5.41, 5.74) is 4.56. The Morgan fingerprint density at radius 3 is 2.54 bits per heavy atom. The Morgan fingerprint density at radius 1 is 1.00 bits per heavy atom. The van der Waals surface area contributed by atoms with Gasteiger partial charge in [-0.3, -0.25) is 4.40 Å². The highest BCUT2D eigenvalue weighted by Gasteiger charge is 2.21. The molecule has 1 N–H and O–H groups in total. The number of anilines is 2. The van der Waals surface area contributed by atoms with E-state index < -0.39 is 0 Å². The molecule has 1 aliphatic heterocycles. The molecule has 190 valence electrons. The van der Waals surface area contributed by atoms with Gasteiger partial charge in [0.15, 0.2) is 11.6 Å². The van der Waals surface area contributed by atoms with Crippen molar-refractivity contribution in [3.05, 3.63) is 60.2 Å². The van der Waals surface area contributed by atoms with E-state index in [1.54, 1.807) is 0 Å². The summed E-state index contributed by atoms with van der Waals surface area (Å²) in [5.74, 6) is 3.28. The molecule has 0 bridgehead atoms. The number of hydrogen-bond acceptors (Lipinski definition) is 8. The molecule has 0 saturated carbocycles. The van der Waals surface area contributed by atoms with Crippen LogP contribution in [0.15, 0.2) is 48.8 Å². The molecule has 10 heteroatoms. The van der Waals surface area contributed by atoms with Crippen molar-refractivity contribution in [1.29, 1.82) is 0 Å². The molecule has 1 aliphatic rings. The van der Waals surface area contributed by atoms with E-state index in [9.17, 15) is 0 Å². The van der Waals surface area contributed by atoms with Crippen LogP contribution in [0.4, 0.5) is 11.6 Å². The average molecular weight is 497 g/mol. The fourth-order valence-electron chi connectivity index (χ4n) is 4.83. The summed E-state index contributed by atoms with van der Waals surface area (Å²) in [6, 6.07) is 12.8. The van der Waals surface area contributed by atoms with E-state index in [2.05, 4.69) is 81.1 Å². The van der Waals surface area contributed by atoms with E-state index in [1.807, 2.05) is 29.8 Å². The third-order valence-corrected chi connectivity index (χ3v) is 6.85. The average Bonchev–Trinajstić information content (AvgIpc) is 3.45. The normalized spacial score (nSPS) is 14.8. The lowest BCUT2D eigenvalue weighted by Crippen LogP contribution is -2.44. The maximum atomic E-state index is 5.05. The Bertz CT molecular complexity index is 1540. The molecule has 1 fully saturated rings. The summed E-state index contributed by atoms with van der Waals surface area (Å²) in [6.07, 6.45) is 3.87. The van der Waals surface area contributed by atoms with E-state index >= 15 is 0 Å². The van der Waals surface area contributed by atoms with Gasteiger partial charge in [-0.1, -0.05) is 30.3 Å². The van der Waals surface area contributed by atoms with Crippen LogP contribution in [0.25, 0.3) is 28.2 Å². The van der Waals surface area contributed by atoms with Crippen LogP contribution in [-0.2, 0) is 6.54 Å². The van der Waals surface area contributed by atoms with Gasteiger partial charge in [0.1, 0.15) is 22.9 Å². The SMILES string of the molecule is Cc1nnc2c(NC(C)C)nc(-c3nc4cnc(N5CCN(C)CC5)cc4n3Cc3ccccc3)cn12. The van der Waals surface area contributed by atoms with Crippen molar-refractivity contribution in [2.45, 2.75) is 33.4 Å². The molecule has 6 rings (SSSR count). The number of aromatic nitrogens is 7. The van der Waals surface area contributed by atoms with E-state index in [-0.39, 0.29) is 6.04 Å². The Labute approximate surface area is 216 Å². The second-order valence-electron chi connectivity index (χ2n) is 10.0. The summed E-state index contributed by atoms with van der Waals surface area (Å²) in [6.45, 7) is 10.8. The number of rotatable bonds is 6. The lowest BCUT2D eigenvalue weighted by molar-refractivity contribution is 0.312. The zero-order valence-electron chi connectivity index (χ0n) is 21.8. The van der Waals surface area contributed by atoms with Crippen molar-refractivity contribution in [2.75, 3.05) is 43.4 Å². The van der Waals surface area contributed by atoms with Crippen LogP contribution in [0, 0.1) is 6.92 Å². The molecule has 5 heterocycles. The maximum Gasteiger partial charge on any atom is 0.203 e. The first-order chi connectivity index (χ1) is 18.0. The molecule has 0 radical (unpaired) electrons. The third kappa shape index (κ3) is 4.48. The van der Waals surface area contributed by atoms with Gasteiger partial charge in [-0.15, -0.1) is 10.2 Å². The van der Waals surface area contributed by atoms with Crippen LogP contribution in [-0.4, -0.2) is 78.3 Å². The van der Waals surface area contributed by atoms with Gasteiger partial charge < -0.3 is 19.7 Å². The van der Waals surface area contributed by atoms with Crippen molar-refractivity contribution < 1.29 is 0 Å². The molecule has 5 aromatic rings. The first kappa shape index (κ1) is 23.4. The highest BCUT2D eigenvalue weighted by Crippen LogP contribution is 2.29. The zero-order valence-corrected chi connectivity index (χ0v) is 21.8. The predicted molar refractivity (Wildman–Crippen MR) is 146 cm³/mol. The van der Waals surface area contributed by atoms with Crippen molar-refractivity contribution >= 4 is 28.3 Å². The first-order valence-electron chi connectivity index (χ1n) is 12.8. The number of pyridine rings is 1. The Hall–Kier alpha value is -4.05. The van der Waals surface area contributed by atoms with Crippen LogP contribution < -0.4 is 10.2 Å². The molecule has 1 aromatic carbocycles.